The van der Waals surface area contributed by atoms with Crippen molar-refractivity contribution in [3.63, 3.8) is 0 Å². The molecule has 0 aliphatic rings. The van der Waals surface area contributed by atoms with E-state index in [2.05, 4.69) is 10.3 Å². The number of esters is 1. The Balaban J connectivity index is 1.44. The summed E-state index contributed by atoms with van der Waals surface area (Å²) in [6.45, 7) is 1.72. The van der Waals surface area contributed by atoms with Crippen molar-refractivity contribution in [2.45, 2.75) is 20.0 Å². The second-order valence-corrected chi connectivity index (χ2v) is 8.31. The Morgan fingerprint density at radius 2 is 1.88 bits per heavy atom. The summed E-state index contributed by atoms with van der Waals surface area (Å²) in [7, 11) is 0. The van der Waals surface area contributed by atoms with Crippen molar-refractivity contribution < 1.29 is 18.7 Å². The number of nitrogens with zero attached hydrogens (tertiary/aromatic N) is 1. The van der Waals surface area contributed by atoms with Gasteiger partial charge in [-0.1, -0.05) is 55.5 Å². The number of carbonyl (C=O) groups excluding carboxylic acids is 2. The highest BCUT2D eigenvalue weighted by Gasteiger charge is 2.28. The Morgan fingerprint density at radius 3 is 2.65 bits per heavy atom. The van der Waals surface area contributed by atoms with E-state index in [4.69, 9.17) is 14.6 Å². The van der Waals surface area contributed by atoms with Crippen LogP contribution in [-0.4, -0.2) is 22.6 Å². The Labute approximate surface area is 198 Å². The summed E-state index contributed by atoms with van der Waals surface area (Å²) < 4.78 is 10.5. The van der Waals surface area contributed by atoms with Crippen LogP contribution >= 0.6 is 11.3 Å². The van der Waals surface area contributed by atoms with E-state index in [1.54, 1.807) is 42.6 Å². The molecule has 4 aromatic rings. The molecule has 34 heavy (non-hydrogen) atoms. The van der Waals surface area contributed by atoms with Gasteiger partial charge in [-0.25, -0.2) is 14.6 Å². The van der Waals surface area contributed by atoms with Crippen LogP contribution in [0.4, 0.5) is 5.13 Å². The van der Waals surface area contributed by atoms with E-state index in [0.29, 0.717) is 11.3 Å². The number of anilines is 1. The number of aromatic nitrogens is 1. The molecule has 0 saturated heterocycles. The average molecular weight is 476 g/mol. The van der Waals surface area contributed by atoms with Crippen molar-refractivity contribution in [1.29, 1.82) is 5.41 Å². The molecule has 1 unspecified atom stereocenters. The Kier molecular flexibility index (Phi) is 6.93. The molecule has 0 aliphatic heterocycles. The quantitative estimate of drug-likeness (QED) is 0.217. The number of amides is 1. The summed E-state index contributed by atoms with van der Waals surface area (Å²) >= 11 is 1.13. The molecule has 1 amide bonds. The summed E-state index contributed by atoms with van der Waals surface area (Å²) in [4.78, 5) is 41.8. The fraction of sp³-hybridized carbons (Fsp3) is 0.160. The minimum absolute atomic E-state index is 0.0181. The number of thiazole rings is 1. The van der Waals surface area contributed by atoms with Crippen LogP contribution in [0.2, 0.25) is 0 Å². The van der Waals surface area contributed by atoms with Gasteiger partial charge in [0.1, 0.15) is 17.9 Å². The maximum absolute atomic E-state index is 12.8. The first kappa shape index (κ1) is 23.1. The van der Waals surface area contributed by atoms with Gasteiger partial charge in [-0.3, -0.25) is 10.2 Å². The van der Waals surface area contributed by atoms with Gasteiger partial charge in [0, 0.05) is 10.8 Å². The van der Waals surface area contributed by atoms with E-state index in [9.17, 15) is 14.4 Å². The first-order valence-electron chi connectivity index (χ1n) is 10.6. The van der Waals surface area contributed by atoms with Crippen LogP contribution in [0.1, 0.15) is 18.9 Å². The van der Waals surface area contributed by atoms with Crippen molar-refractivity contribution >= 4 is 45.0 Å². The standard InChI is InChI=1S/C25H21N3O5S/c1-2-17(21(26)24(31)32-13-15-8-4-3-5-9-15)22(29)28-25-27-19(14-34-25)18-12-16-10-6-7-11-20(16)33-23(18)30/h3-12,14,17,26H,2,13H2,1H3,(H,27,28,29). The van der Waals surface area contributed by atoms with E-state index in [-0.39, 0.29) is 23.7 Å². The number of benzene rings is 2. The summed E-state index contributed by atoms with van der Waals surface area (Å²) in [6.07, 6.45) is 0.234. The molecule has 0 bridgehead atoms. The molecule has 2 aromatic heterocycles. The topological polar surface area (TPSA) is 122 Å². The Hall–Kier alpha value is -4.11. The van der Waals surface area contributed by atoms with Crippen molar-refractivity contribution in [2.24, 2.45) is 5.92 Å². The van der Waals surface area contributed by atoms with Gasteiger partial charge >= 0.3 is 11.6 Å². The maximum Gasteiger partial charge on any atom is 0.353 e. The van der Waals surface area contributed by atoms with Gasteiger partial charge in [0.25, 0.3) is 0 Å². The Morgan fingerprint density at radius 1 is 1.15 bits per heavy atom. The molecule has 1 atom stereocenters. The van der Waals surface area contributed by atoms with Gasteiger partial charge in [-0.2, -0.15) is 0 Å². The predicted octanol–water partition coefficient (Wildman–Crippen LogP) is 4.64. The van der Waals surface area contributed by atoms with Crippen LogP contribution in [0, 0.1) is 11.3 Å². The minimum Gasteiger partial charge on any atom is -0.456 e. The van der Waals surface area contributed by atoms with Gasteiger partial charge < -0.3 is 14.5 Å². The molecule has 4 rings (SSSR count). The molecular formula is C25H21N3O5S. The molecule has 0 saturated carbocycles. The zero-order valence-electron chi connectivity index (χ0n) is 18.2. The Bertz CT molecular complexity index is 1410. The van der Waals surface area contributed by atoms with Crippen molar-refractivity contribution in [2.75, 3.05) is 5.32 Å². The minimum atomic E-state index is -0.999. The zero-order valence-corrected chi connectivity index (χ0v) is 19.1. The summed E-state index contributed by atoms with van der Waals surface area (Å²) in [5, 5.41) is 13.4. The largest absolute Gasteiger partial charge is 0.456 e. The normalized spacial score (nSPS) is 11.7. The smallest absolute Gasteiger partial charge is 0.353 e. The number of nitrogens with one attached hydrogen (secondary N) is 2. The highest BCUT2D eigenvalue weighted by molar-refractivity contribution is 7.14. The highest BCUT2D eigenvalue weighted by Crippen LogP contribution is 2.26. The number of para-hydroxylation sites is 1. The molecule has 0 fully saturated rings. The van der Waals surface area contributed by atoms with Crippen LogP contribution in [0.5, 0.6) is 0 Å². The number of fused-ring (bicyclic) bond motifs is 1. The second-order valence-electron chi connectivity index (χ2n) is 7.45. The van der Waals surface area contributed by atoms with Crippen molar-refractivity contribution in [3.05, 3.63) is 82.0 Å². The first-order chi connectivity index (χ1) is 16.5. The van der Waals surface area contributed by atoms with Gasteiger partial charge in [0.05, 0.1) is 17.2 Å². The molecule has 0 radical (unpaired) electrons. The van der Waals surface area contributed by atoms with Crippen molar-refractivity contribution in [1.82, 2.24) is 4.98 Å². The van der Waals surface area contributed by atoms with Gasteiger partial charge in [-0.15, -0.1) is 11.3 Å². The third-order valence-electron chi connectivity index (χ3n) is 5.16. The molecular weight excluding hydrogens is 454 g/mol. The van der Waals surface area contributed by atoms with E-state index >= 15 is 0 Å². The van der Waals surface area contributed by atoms with Gasteiger partial charge in [0.2, 0.25) is 5.91 Å². The summed E-state index contributed by atoms with van der Waals surface area (Å²) in [5.74, 6) is -2.39. The molecule has 8 nitrogen and oxygen atoms in total. The van der Waals surface area contributed by atoms with Crippen molar-refractivity contribution in [3.8, 4) is 11.3 Å². The second kappa shape index (κ2) is 10.2. The maximum atomic E-state index is 12.8. The van der Waals surface area contributed by atoms with Crippen LogP contribution in [0.25, 0.3) is 22.2 Å². The fourth-order valence-electron chi connectivity index (χ4n) is 3.35. The summed E-state index contributed by atoms with van der Waals surface area (Å²) in [6, 6.07) is 17.9. The molecule has 0 spiro atoms. The highest BCUT2D eigenvalue weighted by atomic mass is 32.1. The van der Waals surface area contributed by atoms with E-state index in [1.807, 2.05) is 30.3 Å². The van der Waals surface area contributed by atoms with Crippen LogP contribution in [0.3, 0.4) is 0 Å². The van der Waals surface area contributed by atoms with Crippen LogP contribution < -0.4 is 10.9 Å². The lowest BCUT2D eigenvalue weighted by atomic mass is 9.99. The number of rotatable bonds is 8. The lowest BCUT2D eigenvalue weighted by Gasteiger charge is -2.14. The van der Waals surface area contributed by atoms with E-state index in [0.717, 1.165) is 22.3 Å². The lowest BCUT2D eigenvalue weighted by molar-refractivity contribution is -0.137. The molecule has 2 heterocycles. The number of carbonyl (C=O) groups is 2. The third kappa shape index (κ3) is 5.10. The number of hydrogen-bond acceptors (Lipinski definition) is 8. The SMILES string of the molecule is CCC(C(=N)C(=O)OCc1ccccc1)C(=O)Nc1nc(-c2cc3ccccc3oc2=O)cs1. The zero-order chi connectivity index (χ0) is 24.1. The predicted molar refractivity (Wildman–Crippen MR) is 130 cm³/mol. The lowest BCUT2D eigenvalue weighted by Crippen LogP contribution is -2.34. The van der Waals surface area contributed by atoms with E-state index in [1.165, 1.54) is 0 Å². The molecule has 9 heteroatoms. The molecule has 0 aliphatic carbocycles. The third-order valence-corrected chi connectivity index (χ3v) is 5.92. The fourth-order valence-corrected chi connectivity index (χ4v) is 4.07. The van der Waals surface area contributed by atoms with Crippen LogP contribution in [0.15, 0.2) is 75.3 Å². The number of hydrogen-bond donors (Lipinski definition) is 2. The molecule has 2 N–H and O–H groups in total. The van der Waals surface area contributed by atoms with Gasteiger partial charge in [0.15, 0.2) is 5.13 Å². The first-order valence-corrected chi connectivity index (χ1v) is 11.4. The van der Waals surface area contributed by atoms with E-state index < -0.39 is 29.1 Å². The number of ether oxygens (including phenoxy) is 1. The molecule has 172 valence electrons. The molecule has 2 aromatic carbocycles. The monoisotopic (exact) mass is 475 g/mol. The van der Waals surface area contributed by atoms with Gasteiger partial charge in [-0.05, 0) is 24.1 Å². The average Bonchev–Trinajstić information content (AvgIpc) is 3.31. The van der Waals surface area contributed by atoms with Crippen LogP contribution in [-0.2, 0) is 20.9 Å². The summed E-state index contributed by atoms with van der Waals surface area (Å²) in [5.41, 5.74) is 0.946.